The molecule has 1 heterocycles. The second-order valence-electron chi connectivity index (χ2n) is 4.26. The minimum atomic E-state index is -5.84. The lowest BCUT2D eigenvalue weighted by Gasteiger charge is -2.11. The van der Waals surface area contributed by atoms with Crippen LogP contribution in [0.4, 0.5) is 13.2 Å². The van der Waals surface area contributed by atoms with Crippen LogP contribution in [0, 0.1) is 5.92 Å². The zero-order valence-corrected chi connectivity index (χ0v) is 11.4. The van der Waals surface area contributed by atoms with E-state index in [2.05, 4.69) is 18.7 Å². The van der Waals surface area contributed by atoms with Crippen molar-refractivity contribution in [3.63, 3.8) is 0 Å². The third-order valence-corrected chi connectivity index (χ3v) is 3.39. The van der Waals surface area contributed by atoms with Crippen LogP contribution in [0.25, 0.3) is 0 Å². The summed E-state index contributed by atoms with van der Waals surface area (Å²) in [6.07, 6.45) is 4.25. The highest BCUT2D eigenvalue weighted by Crippen LogP contribution is 2.20. The fourth-order valence-electron chi connectivity index (χ4n) is 1.84. The topological polar surface area (TPSA) is 57.6 Å². The fraction of sp³-hybridized carbons (Fsp3) is 1.00. The number of rotatable bonds is 3. The summed E-state index contributed by atoms with van der Waals surface area (Å²) in [6.45, 7) is 8.51. The van der Waals surface area contributed by atoms with E-state index < -0.39 is 15.6 Å². The summed E-state index contributed by atoms with van der Waals surface area (Å²) >= 11 is 0. The highest BCUT2D eigenvalue weighted by atomic mass is 32.2. The second-order valence-corrected chi connectivity index (χ2v) is 5.67. The normalized spacial score (nSPS) is 21.6. The summed E-state index contributed by atoms with van der Waals surface area (Å²) < 4.78 is 57.5. The van der Waals surface area contributed by atoms with Crippen molar-refractivity contribution in [3.8, 4) is 0 Å². The van der Waals surface area contributed by atoms with Crippen LogP contribution >= 0.6 is 0 Å². The number of alkyl halides is 3. The molecule has 110 valence electrons. The van der Waals surface area contributed by atoms with Gasteiger partial charge in [-0.05, 0) is 31.8 Å². The van der Waals surface area contributed by atoms with Crippen molar-refractivity contribution in [2.75, 3.05) is 19.6 Å². The Hall–Kier alpha value is -0.340. The Balaban J connectivity index is 0.000000331. The van der Waals surface area contributed by atoms with E-state index in [0.29, 0.717) is 0 Å². The number of likely N-dealkylation sites (tertiary alicyclic amines) is 1. The van der Waals surface area contributed by atoms with Crippen LogP contribution in [-0.2, 0) is 10.1 Å². The van der Waals surface area contributed by atoms with Crippen molar-refractivity contribution in [2.45, 2.75) is 38.6 Å². The monoisotopic (exact) mass is 291 g/mol. The van der Waals surface area contributed by atoms with Gasteiger partial charge in [0.05, 0.1) is 0 Å². The Kier molecular flexibility index (Phi) is 7.16. The van der Waals surface area contributed by atoms with E-state index in [1.165, 1.54) is 38.9 Å². The summed E-state index contributed by atoms with van der Waals surface area (Å²) in [5, 5.41) is 0. The highest BCUT2D eigenvalue weighted by molar-refractivity contribution is 7.86. The number of halogens is 3. The molecule has 1 unspecified atom stereocenters. The lowest BCUT2D eigenvalue weighted by atomic mass is 10.0. The standard InChI is InChI=1S/C9H19N.CHF3O3S/c1-3-5-9-6-7-10(4-2)8-9;2-1(3,4)8(5,6)7/h9H,3-8H2,1-2H3;(H,5,6,7). The number of hydrogen-bond acceptors (Lipinski definition) is 3. The van der Waals surface area contributed by atoms with Crippen LogP contribution in [-0.4, -0.2) is 43.0 Å². The van der Waals surface area contributed by atoms with Crippen molar-refractivity contribution in [2.24, 2.45) is 5.92 Å². The van der Waals surface area contributed by atoms with Gasteiger partial charge in [-0.3, -0.25) is 4.55 Å². The molecule has 1 rings (SSSR count). The zero-order valence-electron chi connectivity index (χ0n) is 10.6. The fourth-order valence-corrected chi connectivity index (χ4v) is 1.84. The maximum atomic E-state index is 10.7. The van der Waals surface area contributed by atoms with Gasteiger partial charge in [-0.2, -0.15) is 21.6 Å². The van der Waals surface area contributed by atoms with Crippen LogP contribution in [0.1, 0.15) is 33.1 Å². The maximum Gasteiger partial charge on any atom is 0.522 e. The second kappa shape index (κ2) is 7.30. The molecule has 1 fully saturated rings. The van der Waals surface area contributed by atoms with E-state index in [1.54, 1.807) is 0 Å². The van der Waals surface area contributed by atoms with Gasteiger partial charge in [0.2, 0.25) is 0 Å². The molecule has 1 aliphatic heterocycles. The zero-order chi connectivity index (χ0) is 14.4. The quantitative estimate of drug-likeness (QED) is 0.641. The molecule has 1 aliphatic rings. The third-order valence-electron chi connectivity index (χ3n) is 2.81. The van der Waals surface area contributed by atoms with Gasteiger partial charge in [0, 0.05) is 6.54 Å². The first-order valence-corrected chi connectivity index (χ1v) is 7.31. The van der Waals surface area contributed by atoms with Crippen molar-refractivity contribution >= 4 is 10.1 Å². The van der Waals surface area contributed by atoms with Gasteiger partial charge < -0.3 is 4.90 Å². The molecule has 0 radical (unpaired) electrons. The average Bonchev–Trinajstić information content (AvgIpc) is 2.64. The average molecular weight is 291 g/mol. The van der Waals surface area contributed by atoms with Gasteiger partial charge in [0.25, 0.3) is 0 Å². The summed E-state index contributed by atoms with van der Waals surface area (Å²) in [5.41, 5.74) is -5.53. The van der Waals surface area contributed by atoms with Gasteiger partial charge in [-0.1, -0.05) is 20.3 Å². The smallest absolute Gasteiger partial charge is 0.303 e. The van der Waals surface area contributed by atoms with Gasteiger partial charge in [-0.25, -0.2) is 0 Å². The predicted molar refractivity (Wildman–Crippen MR) is 62.7 cm³/mol. The molecule has 0 saturated carbocycles. The van der Waals surface area contributed by atoms with E-state index in [-0.39, 0.29) is 0 Å². The Morgan fingerprint density at radius 2 is 1.83 bits per heavy atom. The van der Waals surface area contributed by atoms with E-state index in [0.717, 1.165) is 5.92 Å². The molecule has 1 N–H and O–H groups in total. The molecule has 8 heteroatoms. The van der Waals surface area contributed by atoms with Gasteiger partial charge >= 0.3 is 15.6 Å². The molecule has 0 amide bonds. The molecule has 0 aromatic heterocycles. The van der Waals surface area contributed by atoms with Crippen LogP contribution in [0.3, 0.4) is 0 Å². The predicted octanol–water partition coefficient (Wildman–Crippen LogP) is 2.52. The molecule has 0 spiro atoms. The van der Waals surface area contributed by atoms with E-state index >= 15 is 0 Å². The Bertz CT molecular complexity index is 330. The molecular formula is C10H20F3NO3S. The molecule has 0 bridgehead atoms. The minimum absolute atomic E-state index is 1.02. The lowest BCUT2D eigenvalue weighted by molar-refractivity contribution is -0.0510. The van der Waals surface area contributed by atoms with Crippen molar-refractivity contribution in [1.29, 1.82) is 0 Å². The van der Waals surface area contributed by atoms with Crippen LogP contribution in [0.5, 0.6) is 0 Å². The first-order chi connectivity index (χ1) is 8.11. The van der Waals surface area contributed by atoms with Crippen molar-refractivity contribution < 1.29 is 26.1 Å². The molecule has 18 heavy (non-hydrogen) atoms. The van der Waals surface area contributed by atoms with E-state index in [4.69, 9.17) is 13.0 Å². The van der Waals surface area contributed by atoms with Crippen molar-refractivity contribution in [3.05, 3.63) is 0 Å². The van der Waals surface area contributed by atoms with Crippen LogP contribution in [0.15, 0.2) is 0 Å². The minimum Gasteiger partial charge on any atom is -0.303 e. The Morgan fingerprint density at radius 3 is 2.11 bits per heavy atom. The third kappa shape index (κ3) is 6.55. The summed E-state index contributed by atoms with van der Waals surface area (Å²) in [6, 6.07) is 0. The Labute approximate surface area is 106 Å². The molecule has 0 aromatic rings. The van der Waals surface area contributed by atoms with Crippen LogP contribution < -0.4 is 0 Å². The SMILES string of the molecule is CCCC1CCN(CC)C1.O=S(=O)(O)C(F)(F)F. The first-order valence-electron chi connectivity index (χ1n) is 5.87. The van der Waals surface area contributed by atoms with E-state index in [9.17, 15) is 13.2 Å². The number of hydrogen-bond donors (Lipinski definition) is 1. The summed E-state index contributed by atoms with van der Waals surface area (Å²) in [4.78, 5) is 2.56. The largest absolute Gasteiger partial charge is 0.522 e. The molecule has 4 nitrogen and oxygen atoms in total. The molecule has 1 atom stereocenters. The van der Waals surface area contributed by atoms with Gasteiger partial charge in [0.1, 0.15) is 0 Å². The number of nitrogens with zero attached hydrogens (tertiary/aromatic N) is 1. The first kappa shape index (κ1) is 17.7. The summed E-state index contributed by atoms with van der Waals surface area (Å²) in [7, 11) is -5.84. The molecule has 0 aromatic carbocycles. The molecular weight excluding hydrogens is 271 g/mol. The maximum absolute atomic E-state index is 10.7. The Morgan fingerprint density at radius 1 is 1.33 bits per heavy atom. The lowest BCUT2D eigenvalue weighted by Crippen LogP contribution is -2.21. The molecule has 0 aliphatic carbocycles. The van der Waals surface area contributed by atoms with Gasteiger partial charge in [-0.15, -0.1) is 0 Å². The highest BCUT2D eigenvalue weighted by Gasteiger charge is 2.44. The van der Waals surface area contributed by atoms with E-state index in [1.807, 2.05) is 0 Å². The molecule has 1 saturated heterocycles. The van der Waals surface area contributed by atoms with Gasteiger partial charge in [0.15, 0.2) is 0 Å². The van der Waals surface area contributed by atoms with Crippen LogP contribution in [0.2, 0.25) is 0 Å². The summed E-state index contributed by atoms with van der Waals surface area (Å²) in [5.74, 6) is 1.02. The van der Waals surface area contributed by atoms with Crippen molar-refractivity contribution in [1.82, 2.24) is 4.90 Å².